The summed E-state index contributed by atoms with van der Waals surface area (Å²) < 4.78 is 5.03. The van der Waals surface area contributed by atoms with Crippen LogP contribution in [0.1, 0.15) is 36.8 Å². The number of rotatable bonds is 6. The highest BCUT2D eigenvalue weighted by molar-refractivity contribution is 6.06. The van der Waals surface area contributed by atoms with Crippen molar-refractivity contribution in [2.75, 3.05) is 18.5 Å². The molecule has 3 fully saturated rings. The lowest BCUT2D eigenvalue weighted by Gasteiger charge is -2.19. The molecule has 7 heteroatoms. The van der Waals surface area contributed by atoms with Crippen molar-refractivity contribution in [1.29, 1.82) is 0 Å². The largest absolute Gasteiger partial charge is 0.456 e. The van der Waals surface area contributed by atoms with Gasteiger partial charge in [-0.1, -0.05) is 18.2 Å². The summed E-state index contributed by atoms with van der Waals surface area (Å²) in [5.74, 6) is -0.988. The maximum Gasteiger partial charge on any atom is 0.308 e. The third kappa shape index (κ3) is 3.54. The minimum atomic E-state index is -0.595. The van der Waals surface area contributed by atoms with Gasteiger partial charge in [0.1, 0.15) is 0 Å². The Bertz CT molecular complexity index is 832. The summed E-state index contributed by atoms with van der Waals surface area (Å²) in [5, 5.41) is 2.75. The first kappa shape index (κ1) is 19.6. The van der Waals surface area contributed by atoms with E-state index in [1.165, 1.54) is 4.90 Å². The van der Waals surface area contributed by atoms with Crippen LogP contribution in [0.15, 0.2) is 18.2 Å². The standard InChI is InChI=1S/C22H26N2O5/c1-12-4-3-5-13(2)20(12)23-16(25)11-29-17(26)8-9-24-21(27)18-14-6-7-15(10-14)19(18)22(24)28/h3-5,14-15,18-19H,6-11H2,1-2H3,(H,23,25)/t14-,15-,18-,19-/m0/s1. The molecule has 2 bridgehead atoms. The van der Waals surface area contributed by atoms with Gasteiger partial charge >= 0.3 is 5.97 Å². The molecule has 1 N–H and O–H groups in total. The second-order valence-corrected chi connectivity index (χ2v) is 8.44. The normalized spacial score (nSPS) is 27.3. The number of likely N-dealkylation sites (tertiary alicyclic amines) is 1. The van der Waals surface area contributed by atoms with Gasteiger partial charge in [0.15, 0.2) is 6.61 Å². The number of nitrogens with one attached hydrogen (secondary N) is 1. The number of fused-ring (bicyclic) bond motifs is 5. The first-order valence-electron chi connectivity index (χ1n) is 10.2. The van der Waals surface area contributed by atoms with E-state index in [9.17, 15) is 19.2 Å². The number of imide groups is 1. The number of esters is 1. The van der Waals surface area contributed by atoms with Crippen molar-refractivity contribution >= 4 is 29.4 Å². The van der Waals surface area contributed by atoms with E-state index in [-0.39, 0.29) is 36.6 Å². The number of carbonyl (C=O) groups is 4. The molecule has 4 atom stereocenters. The number of hydrogen-bond donors (Lipinski definition) is 1. The highest BCUT2D eigenvalue weighted by atomic mass is 16.5. The molecule has 1 aliphatic heterocycles. The number of hydrogen-bond acceptors (Lipinski definition) is 5. The molecule has 0 radical (unpaired) electrons. The minimum absolute atomic E-state index is 0.0292. The summed E-state index contributed by atoms with van der Waals surface area (Å²) in [6.45, 7) is 3.41. The van der Waals surface area contributed by atoms with Gasteiger partial charge in [0, 0.05) is 12.2 Å². The number of nitrogens with zero attached hydrogens (tertiary/aromatic N) is 1. The van der Waals surface area contributed by atoms with Gasteiger partial charge in [-0.05, 0) is 56.1 Å². The molecule has 0 spiro atoms. The fourth-order valence-electron chi connectivity index (χ4n) is 5.30. The second-order valence-electron chi connectivity index (χ2n) is 8.44. The van der Waals surface area contributed by atoms with Crippen molar-refractivity contribution in [3.05, 3.63) is 29.3 Å². The van der Waals surface area contributed by atoms with E-state index in [1.54, 1.807) is 0 Å². The van der Waals surface area contributed by atoms with E-state index in [2.05, 4.69) is 5.32 Å². The smallest absolute Gasteiger partial charge is 0.308 e. The molecule has 1 aromatic rings. The number of anilines is 1. The Morgan fingerprint density at radius 2 is 1.66 bits per heavy atom. The van der Waals surface area contributed by atoms with Crippen molar-refractivity contribution in [2.24, 2.45) is 23.7 Å². The van der Waals surface area contributed by atoms with E-state index in [4.69, 9.17) is 4.74 Å². The van der Waals surface area contributed by atoms with Gasteiger partial charge in [0.05, 0.1) is 18.3 Å². The molecule has 0 aromatic heterocycles. The summed E-state index contributed by atoms with van der Waals surface area (Å²) in [6.07, 6.45) is 2.94. The number of carbonyl (C=O) groups excluding carboxylic acids is 4. The quantitative estimate of drug-likeness (QED) is 0.586. The SMILES string of the molecule is Cc1cccc(C)c1NC(=O)COC(=O)CCN1C(=O)[C@H]2[C@H]3CC[C@@H](C3)[C@@H]2C1=O. The summed E-state index contributed by atoms with van der Waals surface area (Å²) in [4.78, 5) is 50.6. The molecule has 1 aromatic carbocycles. The average Bonchev–Trinajstić information content (AvgIpc) is 3.36. The molecule has 3 amide bonds. The number of benzene rings is 1. The van der Waals surface area contributed by atoms with Crippen molar-refractivity contribution in [3.8, 4) is 0 Å². The molecular weight excluding hydrogens is 372 g/mol. The van der Waals surface area contributed by atoms with Crippen LogP contribution in [0.3, 0.4) is 0 Å². The first-order chi connectivity index (χ1) is 13.9. The molecule has 1 heterocycles. The zero-order valence-corrected chi connectivity index (χ0v) is 16.8. The van der Waals surface area contributed by atoms with Crippen molar-refractivity contribution in [2.45, 2.75) is 39.5 Å². The van der Waals surface area contributed by atoms with E-state index >= 15 is 0 Å². The Balaban J connectivity index is 1.25. The van der Waals surface area contributed by atoms with Crippen LogP contribution in [0.4, 0.5) is 5.69 Å². The monoisotopic (exact) mass is 398 g/mol. The molecule has 4 rings (SSSR count). The predicted octanol–water partition coefficient (Wildman–Crippen LogP) is 2.21. The van der Waals surface area contributed by atoms with Gasteiger partial charge in [0.25, 0.3) is 5.91 Å². The highest BCUT2D eigenvalue weighted by Gasteiger charge is 2.60. The molecule has 2 saturated carbocycles. The van der Waals surface area contributed by atoms with Gasteiger partial charge in [-0.3, -0.25) is 24.1 Å². The topological polar surface area (TPSA) is 92.8 Å². The third-order valence-corrected chi connectivity index (χ3v) is 6.67. The first-order valence-corrected chi connectivity index (χ1v) is 10.2. The lowest BCUT2D eigenvalue weighted by Crippen LogP contribution is -2.35. The molecule has 3 aliphatic rings. The number of para-hydroxylation sites is 1. The molecular formula is C22H26N2O5. The van der Waals surface area contributed by atoms with Crippen LogP contribution >= 0.6 is 0 Å². The minimum Gasteiger partial charge on any atom is -0.456 e. The van der Waals surface area contributed by atoms with Crippen molar-refractivity contribution in [1.82, 2.24) is 4.90 Å². The Hall–Kier alpha value is -2.70. The summed E-state index contributed by atoms with van der Waals surface area (Å²) in [7, 11) is 0. The predicted molar refractivity (Wildman–Crippen MR) is 105 cm³/mol. The van der Waals surface area contributed by atoms with Crippen LogP contribution in [0.5, 0.6) is 0 Å². The number of ether oxygens (including phenoxy) is 1. The average molecular weight is 398 g/mol. The Labute approximate surface area is 169 Å². The van der Waals surface area contributed by atoms with Crippen LogP contribution in [-0.4, -0.2) is 41.7 Å². The van der Waals surface area contributed by atoms with Crippen LogP contribution in [-0.2, 0) is 23.9 Å². The Morgan fingerprint density at radius 1 is 1.07 bits per heavy atom. The van der Waals surface area contributed by atoms with Crippen molar-refractivity contribution in [3.63, 3.8) is 0 Å². The summed E-state index contributed by atoms with van der Waals surface area (Å²) >= 11 is 0. The lowest BCUT2D eigenvalue weighted by atomic mass is 9.81. The van der Waals surface area contributed by atoms with Gasteiger partial charge in [-0.15, -0.1) is 0 Å². The summed E-state index contributed by atoms with van der Waals surface area (Å²) in [6, 6.07) is 5.68. The molecule has 29 heavy (non-hydrogen) atoms. The van der Waals surface area contributed by atoms with Gasteiger partial charge in [-0.25, -0.2) is 0 Å². The van der Waals surface area contributed by atoms with Crippen LogP contribution in [0, 0.1) is 37.5 Å². The fourth-order valence-corrected chi connectivity index (χ4v) is 5.30. The zero-order valence-electron chi connectivity index (χ0n) is 16.8. The van der Waals surface area contributed by atoms with Gasteiger partial charge in [0.2, 0.25) is 11.8 Å². The van der Waals surface area contributed by atoms with Crippen LogP contribution < -0.4 is 5.32 Å². The molecule has 2 aliphatic carbocycles. The van der Waals surface area contributed by atoms with Crippen molar-refractivity contribution < 1.29 is 23.9 Å². The maximum atomic E-state index is 12.6. The molecule has 0 unspecified atom stereocenters. The second kappa shape index (κ2) is 7.61. The van der Waals surface area contributed by atoms with E-state index in [1.807, 2.05) is 32.0 Å². The Morgan fingerprint density at radius 3 is 2.24 bits per heavy atom. The fraction of sp³-hybridized carbons (Fsp3) is 0.545. The van der Waals surface area contributed by atoms with E-state index in [0.717, 1.165) is 30.4 Å². The number of amides is 3. The van der Waals surface area contributed by atoms with Crippen LogP contribution in [0.2, 0.25) is 0 Å². The van der Waals surface area contributed by atoms with Gasteiger partial charge < -0.3 is 10.1 Å². The molecule has 1 saturated heterocycles. The third-order valence-electron chi connectivity index (χ3n) is 6.67. The van der Waals surface area contributed by atoms with Gasteiger partial charge in [-0.2, -0.15) is 0 Å². The molecule has 7 nitrogen and oxygen atoms in total. The lowest BCUT2D eigenvalue weighted by molar-refractivity contribution is -0.149. The Kier molecular flexibility index (Phi) is 5.15. The summed E-state index contributed by atoms with van der Waals surface area (Å²) in [5.41, 5.74) is 2.56. The molecule has 154 valence electrons. The van der Waals surface area contributed by atoms with E-state index in [0.29, 0.717) is 17.5 Å². The van der Waals surface area contributed by atoms with Crippen LogP contribution in [0.25, 0.3) is 0 Å². The van der Waals surface area contributed by atoms with E-state index < -0.39 is 18.5 Å². The maximum absolute atomic E-state index is 12.6. The zero-order chi connectivity index (χ0) is 20.7. The highest BCUT2D eigenvalue weighted by Crippen LogP contribution is 2.56. The number of aryl methyl sites for hydroxylation is 2.